The second-order valence-electron chi connectivity index (χ2n) is 6.25. The molecule has 1 aromatic carbocycles. The number of imidazole rings is 1. The molecular formula is C19H21ClN4O2. The Hall–Kier alpha value is -2.60. The number of hydrogen-bond donors (Lipinski definition) is 2. The van der Waals surface area contributed by atoms with Crippen LogP contribution in [-0.4, -0.2) is 27.9 Å². The Bertz CT molecular complexity index is 873. The van der Waals surface area contributed by atoms with E-state index in [4.69, 9.17) is 11.6 Å². The van der Waals surface area contributed by atoms with Crippen molar-refractivity contribution in [2.45, 2.75) is 32.7 Å². The zero-order valence-electron chi connectivity index (χ0n) is 14.6. The van der Waals surface area contributed by atoms with E-state index in [0.29, 0.717) is 29.5 Å². The molecule has 3 rings (SSSR count). The molecule has 1 aliphatic heterocycles. The van der Waals surface area contributed by atoms with Crippen molar-refractivity contribution in [1.82, 2.24) is 14.9 Å². The Labute approximate surface area is 157 Å². The number of hydrogen-bond acceptors (Lipinski definition) is 3. The quantitative estimate of drug-likeness (QED) is 0.790. The van der Waals surface area contributed by atoms with Gasteiger partial charge in [-0.2, -0.15) is 0 Å². The molecule has 6 nitrogen and oxygen atoms in total. The molecule has 136 valence electrons. The molecule has 7 heteroatoms. The lowest BCUT2D eigenvalue weighted by Crippen LogP contribution is -2.25. The van der Waals surface area contributed by atoms with E-state index in [1.54, 1.807) is 24.3 Å². The van der Waals surface area contributed by atoms with Crippen LogP contribution in [-0.2, 0) is 13.0 Å². The molecule has 26 heavy (non-hydrogen) atoms. The Morgan fingerprint density at radius 1 is 1.35 bits per heavy atom. The van der Waals surface area contributed by atoms with Gasteiger partial charge in [0.1, 0.15) is 5.69 Å². The van der Waals surface area contributed by atoms with Crippen LogP contribution < -0.4 is 10.6 Å². The third-order valence-corrected chi connectivity index (χ3v) is 4.61. The highest BCUT2D eigenvalue weighted by Crippen LogP contribution is 2.24. The second kappa shape index (κ2) is 7.74. The van der Waals surface area contributed by atoms with Crippen molar-refractivity contribution >= 4 is 29.1 Å². The van der Waals surface area contributed by atoms with Crippen LogP contribution in [0.15, 0.2) is 30.9 Å². The smallest absolute Gasteiger partial charge is 0.291 e. The number of nitrogens with zero attached hydrogens (tertiary/aromatic N) is 2. The minimum atomic E-state index is -0.332. The summed E-state index contributed by atoms with van der Waals surface area (Å²) in [4.78, 5) is 29.5. The summed E-state index contributed by atoms with van der Waals surface area (Å²) in [6.45, 7) is 6.50. The van der Waals surface area contributed by atoms with E-state index >= 15 is 0 Å². The first-order chi connectivity index (χ1) is 12.5. The fraction of sp³-hybridized carbons (Fsp3) is 0.316. The van der Waals surface area contributed by atoms with Crippen molar-refractivity contribution < 1.29 is 9.59 Å². The topological polar surface area (TPSA) is 76.0 Å². The zero-order valence-corrected chi connectivity index (χ0v) is 15.4. The first kappa shape index (κ1) is 18.2. The number of benzene rings is 1. The van der Waals surface area contributed by atoms with Crippen LogP contribution in [0, 0.1) is 6.92 Å². The summed E-state index contributed by atoms with van der Waals surface area (Å²) in [5.74, 6) is -0.351. The monoisotopic (exact) mass is 372 g/mol. The molecule has 0 aliphatic carbocycles. The van der Waals surface area contributed by atoms with E-state index in [2.05, 4.69) is 22.2 Å². The molecule has 2 aromatic rings. The van der Waals surface area contributed by atoms with Crippen LogP contribution >= 0.6 is 11.6 Å². The minimum absolute atomic E-state index is 0.262. The summed E-state index contributed by atoms with van der Waals surface area (Å²) in [5.41, 5.74) is 2.67. The predicted octanol–water partition coefficient (Wildman–Crippen LogP) is 3.35. The van der Waals surface area contributed by atoms with Crippen molar-refractivity contribution in [3.8, 4) is 0 Å². The average molecular weight is 373 g/mol. The van der Waals surface area contributed by atoms with Gasteiger partial charge in [0.15, 0.2) is 5.82 Å². The zero-order chi connectivity index (χ0) is 18.7. The van der Waals surface area contributed by atoms with Gasteiger partial charge in [-0.05, 0) is 49.9 Å². The number of halogens is 1. The predicted molar refractivity (Wildman–Crippen MR) is 102 cm³/mol. The number of fused-ring (bicyclic) bond motifs is 1. The standard InChI is InChI=1S/C19H21ClN4O2/c1-3-9-21-18(25)16-15-6-4-5-10-24(15)17(23-16)19(26)22-14-8-7-13(20)11-12(14)2/h3,7-8,11H,1,4-6,9-10H2,2H3,(H,21,25)(H,22,26). The lowest BCUT2D eigenvalue weighted by molar-refractivity contribution is 0.0952. The summed E-state index contributed by atoms with van der Waals surface area (Å²) in [6.07, 6.45) is 4.27. The Balaban J connectivity index is 1.91. The van der Waals surface area contributed by atoms with Crippen LogP contribution in [0.3, 0.4) is 0 Å². The maximum atomic E-state index is 12.8. The number of aryl methyl sites for hydroxylation is 1. The third-order valence-electron chi connectivity index (χ3n) is 4.38. The van der Waals surface area contributed by atoms with Gasteiger partial charge in [-0.1, -0.05) is 17.7 Å². The molecule has 1 aromatic heterocycles. The van der Waals surface area contributed by atoms with Gasteiger partial charge < -0.3 is 15.2 Å². The van der Waals surface area contributed by atoms with Crippen molar-refractivity contribution in [3.63, 3.8) is 0 Å². The first-order valence-corrected chi connectivity index (χ1v) is 8.95. The van der Waals surface area contributed by atoms with Gasteiger partial charge in [0.05, 0.1) is 5.69 Å². The van der Waals surface area contributed by atoms with Gasteiger partial charge in [0.25, 0.3) is 11.8 Å². The van der Waals surface area contributed by atoms with Gasteiger partial charge in [-0.15, -0.1) is 6.58 Å². The number of aromatic nitrogens is 2. The third kappa shape index (κ3) is 3.65. The van der Waals surface area contributed by atoms with E-state index in [1.807, 2.05) is 11.5 Å². The highest BCUT2D eigenvalue weighted by Gasteiger charge is 2.27. The maximum Gasteiger partial charge on any atom is 0.291 e. The molecule has 1 aliphatic rings. The van der Waals surface area contributed by atoms with Crippen molar-refractivity contribution in [2.24, 2.45) is 0 Å². The lowest BCUT2D eigenvalue weighted by Gasteiger charge is -2.17. The lowest BCUT2D eigenvalue weighted by atomic mass is 10.1. The van der Waals surface area contributed by atoms with Crippen LogP contribution in [0.2, 0.25) is 5.02 Å². The molecule has 0 saturated heterocycles. The Kier molecular flexibility index (Phi) is 5.42. The van der Waals surface area contributed by atoms with E-state index < -0.39 is 0 Å². The van der Waals surface area contributed by atoms with Crippen LogP contribution in [0.5, 0.6) is 0 Å². The van der Waals surface area contributed by atoms with E-state index in [9.17, 15) is 9.59 Å². The summed E-state index contributed by atoms with van der Waals surface area (Å²) < 4.78 is 1.85. The normalized spacial score (nSPS) is 13.0. The van der Waals surface area contributed by atoms with Crippen LogP contribution in [0.1, 0.15) is 45.2 Å². The number of carbonyl (C=O) groups excluding carboxylic acids is 2. The molecule has 0 spiro atoms. The van der Waals surface area contributed by atoms with Gasteiger partial charge in [0.2, 0.25) is 0 Å². The fourth-order valence-electron chi connectivity index (χ4n) is 3.09. The molecule has 2 amide bonds. The van der Waals surface area contributed by atoms with E-state index in [0.717, 1.165) is 30.5 Å². The van der Waals surface area contributed by atoms with Gasteiger partial charge in [0, 0.05) is 23.8 Å². The molecule has 2 N–H and O–H groups in total. The van der Waals surface area contributed by atoms with Crippen molar-refractivity contribution in [1.29, 1.82) is 0 Å². The van der Waals surface area contributed by atoms with E-state index in [1.165, 1.54) is 0 Å². The van der Waals surface area contributed by atoms with Gasteiger partial charge in [-0.3, -0.25) is 9.59 Å². The second-order valence-corrected chi connectivity index (χ2v) is 6.69. The SMILES string of the molecule is C=CCNC(=O)c1nc(C(=O)Nc2ccc(Cl)cc2C)n2c1CCCC2. The number of amides is 2. The summed E-state index contributed by atoms with van der Waals surface area (Å²) in [7, 11) is 0. The molecule has 0 atom stereocenters. The molecule has 0 saturated carbocycles. The largest absolute Gasteiger partial charge is 0.347 e. The maximum absolute atomic E-state index is 12.8. The molecular weight excluding hydrogens is 352 g/mol. The number of carbonyl (C=O) groups is 2. The average Bonchev–Trinajstić information content (AvgIpc) is 3.02. The minimum Gasteiger partial charge on any atom is -0.347 e. The summed E-state index contributed by atoms with van der Waals surface area (Å²) in [6, 6.07) is 5.26. The molecule has 2 heterocycles. The first-order valence-electron chi connectivity index (χ1n) is 8.57. The summed E-state index contributed by atoms with van der Waals surface area (Å²) >= 11 is 5.96. The molecule has 0 unspecified atom stereocenters. The highest BCUT2D eigenvalue weighted by molar-refractivity contribution is 6.30. The highest BCUT2D eigenvalue weighted by atomic mass is 35.5. The Morgan fingerprint density at radius 2 is 2.15 bits per heavy atom. The van der Waals surface area contributed by atoms with E-state index in [-0.39, 0.29) is 17.6 Å². The van der Waals surface area contributed by atoms with Crippen molar-refractivity contribution in [2.75, 3.05) is 11.9 Å². The Morgan fingerprint density at radius 3 is 2.88 bits per heavy atom. The number of rotatable bonds is 5. The molecule has 0 bridgehead atoms. The van der Waals surface area contributed by atoms with Gasteiger partial charge >= 0.3 is 0 Å². The number of anilines is 1. The summed E-state index contributed by atoms with van der Waals surface area (Å²) in [5, 5.41) is 6.22. The fourth-order valence-corrected chi connectivity index (χ4v) is 3.32. The van der Waals surface area contributed by atoms with Crippen LogP contribution in [0.25, 0.3) is 0 Å². The van der Waals surface area contributed by atoms with Crippen LogP contribution in [0.4, 0.5) is 5.69 Å². The number of nitrogens with one attached hydrogen (secondary N) is 2. The van der Waals surface area contributed by atoms with Crippen molar-refractivity contribution in [3.05, 3.63) is 58.7 Å². The molecule has 0 radical (unpaired) electrons. The van der Waals surface area contributed by atoms with Gasteiger partial charge in [-0.25, -0.2) is 4.98 Å². The molecule has 0 fully saturated rings.